The van der Waals surface area contributed by atoms with Crippen LogP contribution in [-0.4, -0.2) is 29.7 Å². The Morgan fingerprint density at radius 2 is 2.31 bits per heavy atom. The first-order valence-corrected chi connectivity index (χ1v) is 4.01. The Labute approximate surface area is 78.0 Å². The van der Waals surface area contributed by atoms with E-state index in [2.05, 4.69) is 17.8 Å². The quantitative estimate of drug-likeness (QED) is 0.583. The van der Waals surface area contributed by atoms with Crippen molar-refractivity contribution in [3.63, 3.8) is 0 Å². The summed E-state index contributed by atoms with van der Waals surface area (Å²) in [5.41, 5.74) is 0. The Bertz CT molecular complexity index is 277. The van der Waals surface area contributed by atoms with Crippen molar-refractivity contribution in [2.24, 2.45) is 0 Å². The van der Waals surface area contributed by atoms with Crippen molar-refractivity contribution in [3.05, 3.63) is 0 Å². The zero-order chi connectivity index (χ0) is 9.90. The second-order valence-electron chi connectivity index (χ2n) is 3.23. The summed E-state index contributed by atoms with van der Waals surface area (Å²) in [6, 6.07) is 0. The zero-order valence-corrected chi connectivity index (χ0v) is 7.70. The maximum Gasteiger partial charge on any atom is 0.163 e. The lowest BCUT2D eigenvalue weighted by molar-refractivity contribution is -0.146. The van der Waals surface area contributed by atoms with E-state index in [0.29, 0.717) is 6.61 Å². The average Bonchev–Trinajstić information content (AvgIpc) is 2.42. The van der Waals surface area contributed by atoms with Crippen molar-refractivity contribution in [1.29, 1.82) is 0 Å². The summed E-state index contributed by atoms with van der Waals surface area (Å²) in [4.78, 5) is 0. The van der Waals surface area contributed by atoms with Gasteiger partial charge in [0.15, 0.2) is 5.79 Å². The minimum atomic E-state index is -0.877. The number of terminal acetylenes is 1. The van der Waals surface area contributed by atoms with E-state index < -0.39 is 18.0 Å². The van der Waals surface area contributed by atoms with Crippen LogP contribution < -0.4 is 0 Å². The van der Waals surface area contributed by atoms with Crippen molar-refractivity contribution < 1.29 is 14.6 Å². The summed E-state index contributed by atoms with van der Waals surface area (Å²) >= 11 is 0. The molecule has 0 aromatic rings. The van der Waals surface area contributed by atoms with E-state index >= 15 is 0 Å². The minimum Gasteiger partial charge on any atom is -0.377 e. The highest BCUT2D eigenvalue weighted by Crippen LogP contribution is 2.23. The lowest BCUT2D eigenvalue weighted by Gasteiger charge is -2.17. The monoisotopic (exact) mass is 180 g/mol. The van der Waals surface area contributed by atoms with E-state index in [9.17, 15) is 5.11 Å². The molecule has 70 valence electrons. The number of aliphatic hydroxyl groups is 1. The van der Waals surface area contributed by atoms with Crippen LogP contribution in [0.5, 0.6) is 0 Å². The molecule has 1 aliphatic rings. The van der Waals surface area contributed by atoms with E-state index in [0.717, 1.165) is 0 Å². The Morgan fingerprint density at radius 1 is 1.62 bits per heavy atom. The smallest absolute Gasteiger partial charge is 0.163 e. The maximum absolute atomic E-state index is 9.44. The van der Waals surface area contributed by atoms with Crippen molar-refractivity contribution >= 4 is 0 Å². The second-order valence-corrected chi connectivity index (χ2v) is 3.23. The molecule has 0 radical (unpaired) electrons. The molecule has 13 heavy (non-hydrogen) atoms. The predicted octanol–water partition coefficient (Wildman–Crippen LogP) is 0.135. The number of aliphatic hydroxyl groups excluding tert-OH is 1. The van der Waals surface area contributed by atoms with Gasteiger partial charge in [0.2, 0.25) is 0 Å². The standard InChI is InChI=1S/C10H12O3/c1-4-5-6-8(11)9-7-12-10(2,3)13-9/h1,8-9,11H,7H2,2-3H3/t8-,9+/m1/s1. The molecular formula is C10H12O3. The maximum atomic E-state index is 9.44. The first-order valence-electron chi connectivity index (χ1n) is 4.01. The number of hydrogen-bond acceptors (Lipinski definition) is 3. The molecule has 1 heterocycles. The molecule has 1 N–H and O–H groups in total. The number of hydrogen-bond donors (Lipinski definition) is 1. The fourth-order valence-corrected chi connectivity index (χ4v) is 1.08. The van der Waals surface area contributed by atoms with Crippen LogP contribution in [0.4, 0.5) is 0 Å². The van der Waals surface area contributed by atoms with Crippen molar-refractivity contribution in [1.82, 2.24) is 0 Å². The van der Waals surface area contributed by atoms with Gasteiger partial charge in [-0.15, -0.1) is 6.42 Å². The molecule has 0 aromatic carbocycles. The van der Waals surface area contributed by atoms with Gasteiger partial charge in [0.05, 0.1) is 6.61 Å². The van der Waals surface area contributed by atoms with Crippen LogP contribution in [0, 0.1) is 24.2 Å². The highest BCUT2D eigenvalue weighted by molar-refractivity contribution is 5.24. The van der Waals surface area contributed by atoms with E-state index in [1.54, 1.807) is 13.8 Å². The van der Waals surface area contributed by atoms with E-state index in [4.69, 9.17) is 15.9 Å². The molecule has 0 saturated carbocycles. The summed E-state index contributed by atoms with van der Waals surface area (Å²) in [5, 5.41) is 9.44. The van der Waals surface area contributed by atoms with Crippen LogP contribution in [0.1, 0.15) is 13.8 Å². The largest absolute Gasteiger partial charge is 0.377 e. The van der Waals surface area contributed by atoms with Gasteiger partial charge in [0.25, 0.3) is 0 Å². The molecule has 0 bridgehead atoms. The van der Waals surface area contributed by atoms with Gasteiger partial charge < -0.3 is 14.6 Å². The van der Waals surface area contributed by atoms with E-state index in [1.165, 1.54) is 0 Å². The topological polar surface area (TPSA) is 38.7 Å². The highest BCUT2D eigenvalue weighted by atomic mass is 16.7. The predicted molar refractivity (Wildman–Crippen MR) is 47.5 cm³/mol. The van der Waals surface area contributed by atoms with Gasteiger partial charge in [-0.3, -0.25) is 0 Å². The lowest BCUT2D eigenvalue weighted by atomic mass is 10.2. The van der Waals surface area contributed by atoms with Gasteiger partial charge in [0, 0.05) is 0 Å². The third kappa shape index (κ3) is 2.75. The SMILES string of the molecule is C#CC#C[C@@H](O)[C@@H]1COC(C)(C)O1. The Morgan fingerprint density at radius 3 is 2.77 bits per heavy atom. The molecule has 3 heteroatoms. The molecule has 0 aromatic heterocycles. The van der Waals surface area contributed by atoms with Crippen LogP contribution in [0.15, 0.2) is 0 Å². The molecule has 2 atom stereocenters. The molecule has 0 aliphatic carbocycles. The highest BCUT2D eigenvalue weighted by Gasteiger charge is 2.36. The van der Waals surface area contributed by atoms with Gasteiger partial charge >= 0.3 is 0 Å². The van der Waals surface area contributed by atoms with Crippen LogP contribution in [0.3, 0.4) is 0 Å². The molecule has 0 unspecified atom stereocenters. The van der Waals surface area contributed by atoms with Crippen LogP contribution in [0.25, 0.3) is 0 Å². The van der Waals surface area contributed by atoms with E-state index in [-0.39, 0.29) is 0 Å². The number of rotatable bonds is 1. The van der Waals surface area contributed by atoms with Crippen molar-refractivity contribution in [3.8, 4) is 24.2 Å². The molecule has 3 nitrogen and oxygen atoms in total. The Balaban J connectivity index is 2.52. The minimum absolute atomic E-state index is 0.341. The summed E-state index contributed by atoms with van der Waals surface area (Å²) in [6.07, 6.45) is 3.64. The first kappa shape index (κ1) is 10.1. The van der Waals surface area contributed by atoms with Crippen LogP contribution in [0.2, 0.25) is 0 Å². The summed E-state index contributed by atoms with van der Waals surface area (Å²) in [6.45, 7) is 3.91. The average molecular weight is 180 g/mol. The third-order valence-electron chi connectivity index (χ3n) is 1.67. The molecule has 1 aliphatic heterocycles. The molecule has 1 rings (SSSR count). The first-order chi connectivity index (χ1) is 6.05. The zero-order valence-electron chi connectivity index (χ0n) is 7.70. The summed E-state index contributed by atoms with van der Waals surface area (Å²) in [5.74, 6) is 6.31. The van der Waals surface area contributed by atoms with Gasteiger partial charge in [0.1, 0.15) is 12.2 Å². The van der Waals surface area contributed by atoms with Gasteiger partial charge in [-0.2, -0.15) is 0 Å². The molecular weight excluding hydrogens is 168 g/mol. The fourth-order valence-electron chi connectivity index (χ4n) is 1.08. The molecule has 1 saturated heterocycles. The Hall–Kier alpha value is -1.00. The summed E-state index contributed by atoms with van der Waals surface area (Å²) in [7, 11) is 0. The Kier molecular flexibility index (Phi) is 2.95. The van der Waals surface area contributed by atoms with Crippen molar-refractivity contribution in [2.45, 2.75) is 31.8 Å². The van der Waals surface area contributed by atoms with E-state index in [1.807, 2.05) is 0 Å². The molecule has 0 amide bonds. The lowest BCUT2D eigenvalue weighted by Crippen LogP contribution is -2.29. The van der Waals surface area contributed by atoms with Gasteiger partial charge in [-0.25, -0.2) is 0 Å². The number of ether oxygens (including phenoxy) is 2. The summed E-state index contributed by atoms with van der Waals surface area (Å²) < 4.78 is 10.6. The van der Waals surface area contributed by atoms with Crippen molar-refractivity contribution in [2.75, 3.05) is 6.61 Å². The molecule has 1 fully saturated rings. The normalized spacial score (nSPS) is 27.1. The van der Waals surface area contributed by atoms with Crippen LogP contribution in [-0.2, 0) is 9.47 Å². The third-order valence-corrected chi connectivity index (χ3v) is 1.67. The molecule has 0 spiro atoms. The van der Waals surface area contributed by atoms with Gasteiger partial charge in [-0.05, 0) is 25.7 Å². The van der Waals surface area contributed by atoms with Gasteiger partial charge in [-0.1, -0.05) is 5.92 Å². The second kappa shape index (κ2) is 3.81. The van der Waals surface area contributed by atoms with Crippen LogP contribution >= 0.6 is 0 Å². The fraction of sp³-hybridized carbons (Fsp3) is 0.600.